The lowest BCUT2D eigenvalue weighted by Crippen LogP contribution is -1.84. The van der Waals surface area contributed by atoms with Crippen LogP contribution < -0.4 is 5.73 Å². The highest BCUT2D eigenvalue weighted by atomic mass is 16.5. The largest absolute Gasteiger partial charge is 0.394 e. The molecule has 2 rings (SSSR count). The van der Waals surface area contributed by atoms with E-state index in [-0.39, 0.29) is 0 Å². The number of rotatable bonds is 1. The summed E-state index contributed by atoms with van der Waals surface area (Å²) in [5, 5.41) is 10.00. The van der Waals surface area contributed by atoms with Gasteiger partial charge in [0.15, 0.2) is 0 Å². The number of nitrogens with one attached hydrogen (secondary N) is 1. The smallest absolute Gasteiger partial charge is 0.207 e. The van der Waals surface area contributed by atoms with E-state index in [0.29, 0.717) is 11.4 Å². The molecule has 2 aromatic rings. The van der Waals surface area contributed by atoms with E-state index in [4.69, 9.17) is 10.3 Å². The Balaban J connectivity index is 2.53. The minimum atomic E-state index is 0.509. The monoisotopic (exact) mass is 150 g/mol. The van der Waals surface area contributed by atoms with Crippen LogP contribution in [0, 0.1) is 0 Å². The van der Waals surface area contributed by atoms with Crippen LogP contribution in [0.25, 0.3) is 11.5 Å². The third kappa shape index (κ3) is 0.861. The Labute approximate surface area is 62.2 Å². The molecule has 0 saturated carbocycles. The van der Waals surface area contributed by atoms with Gasteiger partial charge in [0.25, 0.3) is 0 Å². The normalized spacial score (nSPS) is 10.2. The first-order valence-electron chi connectivity index (χ1n) is 3.08. The third-order valence-electron chi connectivity index (χ3n) is 1.34. The fourth-order valence-electron chi connectivity index (χ4n) is 0.834. The summed E-state index contributed by atoms with van der Waals surface area (Å²) in [5.41, 5.74) is 6.77. The van der Waals surface area contributed by atoms with Gasteiger partial charge < -0.3 is 10.3 Å². The van der Waals surface area contributed by atoms with Crippen molar-refractivity contribution in [1.82, 2.24) is 15.4 Å². The lowest BCUT2D eigenvalue weighted by atomic mass is 10.3. The highest BCUT2D eigenvalue weighted by Gasteiger charge is 2.07. The summed E-state index contributed by atoms with van der Waals surface area (Å²) >= 11 is 0. The van der Waals surface area contributed by atoms with Gasteiger partial charge in [-0.25, -0.2) is 0 Å². The van der Waals surface area contributed by atoms with Gasteiger partial charge in [-0.2, -0.15) is 5.10 Å². The molecule has 11 heavy (non-hydrogen) atoms. The zero-order valence-corrected chi connectivity index (χ0v) is 5.61. The zero-order chi connectivity index (χ0) is 7.68. The van der Waals surface area contributed by atoms with E-state index in [1.165, 1.54) is 6.20 Å². The highest BCUT2D eigenvalue weighted by Crippen LogP contribution is 2.21. The van der Waals surface area contributed by atoms with E-state index in [0.717, 1.165) is 5.69 Å². The molecule has 0 aliphatic heterocycles. The van der Waals surface area contributed by atoms with Crippen molar-refractivity contribution in [2.75, 3.05) is 5.73 Å². The number of aromatic amines is 1. The Bertz CT molecular complexity index is 337. The molecule has 0 fully saturated rings. The van der Waals surface area contributed by atoms with Gasteiger partial charge in [0.1, 0.15) is 11.4 Å². The quantitative estimate of drug-likeness (QED) is 0.625. The molecule has 0 unspecified atom stereocenters. The molecular weight excluding hydrogens is 144 g/mol. The van der Waals surface area contributed by atoms with Crippen molar-refractivity contribution < 1.29 is 4.52 Å². The van der Waals surface area contributed by atoms with Gasteiger partial charge >= 0.3 is 0 Å². The van der Waals surface area contributed by atoms with Crippen molar-refractivity contribution >= 4 is 5.69 Å². The van der Waals surface area contributed by atoms with Crippen molar-refractivity contribution in [3.05, 3.63) is 18.5 Å². The number of nitrogens with zero attached hydrogens (tertiary/aromatic N) is 2. The Morgan fingerprint density at radius 1 is 1.55 bits per heavy atom. The van der Waals surface area contributed by atoms with E-state index in [1.54, 1.807) is 12.3 Å². The zero-order valence-electron chi connectivity index (χ0n) is 5.61. The van der Waals surface area contributed by atoms with E-state index in [1.807, 2.05) is 0 Å². The Morgan fingerprint density at radius 2 is 2.45 bits per heavy atom. The molecule has 0 atom stereocenters. The molecule has 0 radical (unpaired) electrons. The van der Waals surface area contributed by atoms with Crippen molar-refractivity contribution in [2.24, 2.45) is 0 Å². The third-order valence-corrected chi connectivity index (χ3v) is 1.34. The topological polar surface area (TPSA) is 80.7 Å². The van der Waals surface area contributed by atoms with Gasteiger partial charge in [-0.1, -0.05) is 5.16 Å². The van der Waals surface area contributed by atoms with Crippen LogP contribution in [-0.4, -0.2) is 15.4 Å². The molecule has 0 saturated heterocycles. The first-order valence-corrected chi connectivity index (χ1v) is 3.08. The van der Waals surface area contributed by atoms with Crippen molar-refractivity contribution in [1.29, 1.82) is 0 Å². The summed E-state index contributed by atoms with van der Waals surface area (Å²) in [5.74, 6) is 0.530. The van der Waals surface area contributed by atoms with Crippen LogP contribution in [0.2, 0.25) is 0 Å². The second kappa shape index (κ2) is 2.12. The highest BCUT2D eigenvalue weighted by molar-refractivity contribution is 5.66. The van der Waals surface area contributed by atoms with Gasteiger partial charge in [-0.15, -0.1) is 0 Å². The first-order chi connectivity index (χ1) is 5.38. The molecule has 3 N–H and O–H groups in total. The molecule has 0 aliphatic rings. The summed E-state index contributed by atoms with van der Waals surface area (Å²) in [7, 11) is 0. The van der Waals surface area contributed by atoms with Gasteiger partial charge in [0.2, 0.25) is 5.76 Å². The summed E-state index contributed by atoms with van der Waals surface area (Å²) in [6, 6.07) is 1.76. The Kier molecular flexibility index (Phi) is 1.15. The molecular formula is C6H6N4O. The molecule has 0 amide bonds. The van der Waals surface area contributed by atoms with Gasteiger partial charge in [-0.3, -0.25) is 5.10 Å². The van der Waals surface area contributed by atoms with Crippen LogP contribution in [0.5, 0.6) is 0 Å². The molecule has 0 aromatic carbocycles. The fourth-order valence-corrected chi connectivity index (χ4v) is 0.834. The molecule has 5 nitrogen and oxygen atoms in total. The lowest BCUT2D eigenvalue weighted by Gasteiger charge is -1.88. The van der Waals surface area contributed by atoms with Crippen LogP contribution in [0.1, 0.15) is 0 Å². The van der Waals surface area contributed by atoms with Crippen LogP contribution >= 0.6 is 0 Å². The number of hydrogen-bond donors (Lipinski definition) is 2. The van der Waals surface area contributed by atoms with Crippen molar-refractivity contribution in [3.63, 3.8) is 0 Å². The van der Waals surface area contributed by atoms with Gasteiger partial charge in [0, 0.05) is 6.20 Å². The van der Waals surface area contributed by atoms with E-state index in [2.05, 4.69) is 15.4 Å². The van der Waals surface area contributed by atoms with E-state index >= 15 is 0 Å². The molecule has 0 spiro atoms. The average Bonchev–Trinajstić information content (AvgIpc) is 2.55. The van der Waals surface area contributed by atoms with Crippen molar-refractivity contribution in [3.8, 4) is 11.5 Å². The molecule has 5 heteroatoms. The number of anilines is 1. The minimum absolute atomic E-state index is 0.509. The Hall–Kier alpha value is -1.78. The minimum Gasteiger partial charge on any atom is -0.394 e. The number of H-pyrrole nitrogens is 1. The maximum Gasteiger partial charge on any atom is 0.207 e. The number of hydrogen-bond acceptors (Lipinski definition) is 4. The SMILES string of the molecule is Nc1cnoc1-c1ccn[nH]1. The summed E-state index contributed by atoms with van der Waals surface area (Å²) in [4.78, 5) is 0. The van der Waals surface area contributed by atoms with E-state index < -0.39 is 0 Å². The predicted octanol–water partition coefficient (Wildman–Crippen LogP) is 0.647. The summed E-state index contributed by atoms with van der Waals surface area (Å²) in [6.45, 7) is 0. The van der Waals surface area contributed by atoms with Crippen LogP contribution in [0.4, 0.5) is 5.69 Å². The molecule has 2 heterocycles. The number of nitrogens with two attached hydrogens (primary N) is 1. The second-order valence-corrected chi connectivity index (χ2v) is 2.08. The molecule has 0 aliphatic carbocycles. The van der Waals surface area contributed by atoms with Crippen LogP contribution in [0.3, 0.4) is 0 Å². The predicted molar refractivity (Wildman–Crippen MR) is 38.5 cm³/mol. The maximum absolute atomic E-state index is 5.53. The number of aromatic nitrogens is 3. The number of nitrogen functional groups attached to an aromatic ring is 1. The van der Waals surface area contributed by atoms with E-state index in [9.17, 15) is 0 Å². The second-order valence-electron chi connectivity index (χ2n) is 2.08. The standard InChI is InChI=1S/C6H6N4O/c7-4-3-9-11-6(4)5-1-2-8-10-5/h1-3H,7H2,(H,8,10). The molecule has 2 aromatic heterocycles. The lowest BCUT2D eigenvalue weighted by molar-refractivity contribution is 0.431. The Morgan fingerprint density at radius 3 is 3.00 bits per heavy atom. The fraction of sp³-hybridized carbons (Fsp3) is 0. The average molecular weight is 150 g/mol. The van der Waals surface area contributed by atoms with Crippen LogP contribution in [-0.2, 0) is 0 Å². The van der Waals surface area contributed by atoms with Crippen LogP contribution in [0.15, 0.2) is 23.0 Å². The molecule has 0 bridgehead atoms. The van der Waals surface area contributed by atoms with Gasteiger partial charge in [0.05, 0.1) is 6.20 Å². The maximum atomic E-state index is 5.53. The summed E-state index contributed by atoms with van der Waals surface area (Å²) < 4.78 is 4.86. The van der Waals surface area contributed by atoms with Gasteiger partial charge in [-0.05, 0) is 6.07 Å². The first kappa shape index (κ1) is 5.96. The van der Waals surface area contributed by atoms with Crippen molar-refractivity contribution in [2.45, 2.75) is 0 Å². The summed E-state index contributed by atoms with van der Waals surface area (Å²) in [6.07, 6.45) is 3.08. The molecule has 56 valence electrons.